The number of hydrogen-bond donors (Lipinski definition) is 2. The summed E-state index contributed by atoms with van der Waals surface area (Å²) in [6.07, 6.45) is 3.42. The van der Waals surface area contributed by atoms with Crippen molar-refractivity contribution in [2.75, 3.05) is 39.2 Å². The number of aromatic hydroxyl groups is 1. The van der Waals surface area contributed by atoms with Crippen molar-refractivity contribution >= 4 is 22.4 Å². The van der Waals surface area contributed by atoms with Crippen LogP contribution in [0.1, 0.15) is 25.3 Å². The highest BCUT2D eigenvalue weighted by Crippen LogP contribution is 2.36. The van der Waals surface area contributed by atoms with Crippen LogP contribution in [0.25, 0.3) is 10.9 Å². The second-order valence-corrected chi connectivity index (χ2v) is 7.44. The molecule has 0 aliphatic carbocycles. The molecule has 0 aliphatic rings. The quantitative estimate of drug-likeness (QED) is 0.455. The molecule has 7 nitrogen and oxygen atoms in total. The first kappa shape index (κ1) is 22.6. The summed E-state index contributed by atoms with van der Waals surface area (Å²) in [5, 5.41) is 13.6. The molecule has 1 aromatic heterocycles. The summed E-state index contributed by atoms with van der Waals surface area (Å²) in [7, 11) is 3.67. The Morgan fingerprint density at radius 2 is 1.97 bits per heavy atom. The van der Waals surface area contributed by atoms with Gasteiger partial charge in [-0.3, -0.25) is 0 Å². The highest BCUT2D eigenvalue weighted by atomic mass is 19.1. The molecule has 0 atom stereocenters. The summed E-state index contributed by atoms with van der Waals surface area (Å²) in [4.78, 5) is 10.9. The molecule has 3 aromatic rings. The van der Waals surface area contributed by atoms with Gasteiger partial charge in [0, 0.05) is 23.6 Å². The zero-order chi connectivity index (χ0) is 22.4. The third-order valence-corrected chi connectivity index (χ3v) is 5.10. The highest BCUT2D eigenvalue weighted by Gasteiger charge is 2.15. The summed E-state index contributed by atoms with van der Waals surface area (Å²) in [6, 6.07) is 6.09. The monoisotopic (exact) mass is 428 g/mol. The molecule has 1 heterocycles. The van der Waals surface area contributed by atoms with Crippen LogP contribution in [0, 0.1) is 12.7 Å². The van der Waals surface area contributed by atoms with Gasteiger partial charge in [0.2, 0.25) is 0 Å². The van der Waals surface area contributed by atoms with E-state index in [-0.39, 0.29) is 11.4 Å². The number of nitrogens with zero attached hydrogens (tertiary/aromatic N) is 3. The Kier molecular flexibility index (Phi) is 7.46. The Labute approximate surface area is 181 Å². The number of benzene rings is 2. The van der Waals surface area contributed by atoms with Crippen molar-refractivity contribution in [1.82, 2.24) is 14.9 Å². The normalized spacial score (nSPS) is 11.2. The van der Waals surface area contributed by atoms with E-state index in [0.717, 1.165) is 25.9 Å². The number of nitrogens with one attached hydrogen (secondary N) is 1. The summed E-state index contributed by atoms with van der Waals surface area (Å²) in [5.41, 5.74) is 1.19. The number of hydrogen-bond acceptors (Lipinski definition) is 7. The van der Waals surface area contributed by atoms with Crippen LogP contribution >= 0.6 is 0 Å². The number of phenols is 1. The van der Waals surface area contributed by atoms with Crippen LogP contribution < -0.4 is 14.8 Å². The lowest BCUT2D eigenvalue weighted by Gasteiger charge is -2.17. The molecule has 0 saturated carbocycles. The van der Waals surface area contributed by atoms with Gasteiger partial charge in [-0.05, 0) is 51.6 Å². The number of phenolic OH excluding ortho intramolecular Hbond substituents is 1. The van der Waals surface area contributed by atoms with Crippen molar-refractivity contribution in [3.05, 3.63) is 42.0 Å². The van der Waals surface area contributed by atoms with E-state index in [1.807, 2.05) is 0 Å². The van der Waals surface area contributed by atoms with Gasteiger partial charge in [0.25, 0.3) is 0 Å². The smallest absolute Gasteiger partial charge is 0.163 e. The van der Waals surface area contributed by atoms with Crippen molar-refractivity contribution in [2.45, 2.75) is 26.7 Å². The minimum atomic E-state index is -0.484. The molecule has 31 heavy (non-hydrogen) atoms. The van der Waals surface area contributed by atoms with Crippen LogP contribution in [-0.2, 0) is 0 Å². The van der Waals surface area contributed by atoms with Gasteiger partial charge in [-0.1, -0.05) is 6.92 Å². The lowest BCUT2D eigenvalue weighted by Crippen LogP contribution is -2.21. The molecule has 0 saturated heterocycles. The number of halogens is 1. The molecule has 0 radical (unpaired) electrons. The summed E-state index contributed by atoms with van der Waals surface area (Å²) < 4.78 is 25.8. The van der Waals surface area contributed by atoms with E-state index in [9.17, 15) is 9.50 Å². The molecular formula is C23H29FN4O3. The number of ether oxygens (including phenoxy) is 2. The Morgan fingerprint density at radius 1 is 1.16 bits per heavy atom. The lowest BCUT2D eigenvalue weighted by atomic mass is 10.1. The van der Waals surface area contributed by atoms with Gasteiger partial charge in [0.05, 0.1) is 24.9 Å². The van der Waals surface area contributed by atoms with Gasteiger partial charge >= 0.3 is 0 Å². The van der Waals surface area contributed by atoms with Gasteiger partial charge in [0.1, 0.15) is 23.7 Å². The molecule has 0 unspecified atom stereocenters. The van der Waals surface area contributed by atoms with Gasteiger partial charge < -0.3 is 24.8 Å². The van der Waals surface area contributed by atoms with Crippen LogP contribution in [0.4, 0.5) is 15.9 Å². The fourth-order valence-electron chi connectivity index (χ4n) is 3.39. The van der Waals surface area contributed by atoms with Gasteiger partial charge in [-0.2, -0.15) is 0 Å². The molecule has 0 aliphatic heterocycles. The van der Waals surface area contributed by atoms with E-state index in [2.05, 4.69) is 34.2 Å². The molecule has 2 aromatic carbocycles. The predicted molar refractivity (Wildman–Crippen MR) is 120 cm³/mol. The molecule has 0 fully saturated rings. The zero-order valence-electron chi connectivity index (χ0n) is 18.4. The van der Waals surface area contributed by atoms with Crippen LogP contribution in [0.3, 0.4) is 0 Å². The third-order valence-electron chi connectivity index (χ3n) is 5.10. The number of anilines is 2. The fourth-order valence-corrected chi connectivity index (χ4v) is 3.39. The first-order valence-corrected chi connectivity index (χ1v) is 10.3. The Hall–Kier alpha value is -3.13. The maximum atomic E-state index is 14.3. The average molecular weight is 429 g/mol. The molecule has 2 N–H and O–H groups in total. The second kappa shape index (κ2) is 10.3. The van der Waals surface area contributed by atoms with Gasteiger partial charge in [-0.15, -0.1) is 0 Å². The van der Waals surface area contributed by atoms with E-state index < -0.39 is 5.82 Å². The molecule has 8 heteroatoms. The van der Waals surface area contributed by atoms with Gasteiger partial charge in [0.15, 0.2) is 11.5 Å². The van der Waals surface area contributed by atoms with Crippen LogP contribution in [-0.4, -0.2) is 53.8 Å². The maximum absolute atomic E-state index is 14.3. The number of rotatable bonds is 10. The lowest BCUT2D eigenvalue weighted by molar-refractivity contribution is 0.254. The third kappa shape index (κ3) is 5.32. The van der Waals surface area contributed by atoms with Crippen molar-refractivity contribution in [3.8, 4) is 17.2 Å². The van der Waals surface area contributed by atoms with Crippen molar-refractivity contribution in [1.29, 1.82) is 0 Å². The van der Waals surface area contributed by atoms with Crippen molar-refractivity contribution < 1.29 is 19.0 Å². The number of fused-ring (bicyclic) bond motifs is 1. The Bertz CT molecular complexity index is 1040. The van der Waals surface area contributed by atoms with Crippen molar-refractivity contribution in [2.24, 2.45) is 0 Å². The summed E-state index contributed by atoms with van der Waals surface area (Å²) in [5.74, 6) is 1.06. The minimum absolute atomic E-state index is 0.000102. The zero-order valence-corrected chi connectivity index (χ0v) is 18.4. The molecule has 3 rings (SSSR count). The largest absolute Gasteiger partial charge is 0.508 e. The van der Waals surface area contributed by atoms with Gasteiger partial charge in [-0.25, -0.2) is 14.4 Å². The topological polar surface area (TPSA) is 79.7 Å². The van der Waals surface area contributed by atoms with E-state index in [4.69, 9.17) is 9.47 Å². The standard InChI is InChI=1S/C23H29FN4O3/c1-5-9-28(3)10-6-11-31-21-13-18-16(12-20(21)30-4)23(26-14-25-18)27-22-15(2)19(29)8-7-17(22)24/h7-8,12-14,29H,5-6,9-11H2,1-4H3,(H,25,26,27). The van der Waals surface area contributed by atoms with E-state index in [1.165, 1.54) is 18.5 Å². The molecule has 166 valence electrons. The Balaban J connectivity index is 1.84. The number of methoxy groups -OCH3 is 1. The maximum Gasteiger partial charge on any atom is 0.163 e. The van der Waals surface area contributed by atoms with Crippen LogP contribution in [0.2, 0.25) is 0 Å². The van der Waals surface area contributed by atoms with Crippen LogP contribution in [0.5, 0.6) is 17.2 Å². The van der Waals surface area contributed by atoms with E-state index in [1.54, 1.807) is 26.2 Å². The van der Waals surface area contributed by atoms with Crippen molar-refractivity contribution in [3.63, 3.8) is 0 Å². The van der Waals surface area contributed by atoms with E-state index in [0.29, 0.717) is 40.4 Å². The number of aromatic nitrogens is 2. The summed E-state index contributed by atoms with van der Waals surface area (Å²) >= 11 is 0. The highest BCUT2D eigenvalue weighted by molar-refractivity contribution is 5.93. The first-order chi connectivity index (χ1) is 14.9. The average Bonchev–Trinajstić information content (AvgIpc) is 2.76. The minimum Gasteiger partial charge on any atom is -0.508 e. The molecule has 0 spiro atoms. The first-order valence-electron chi connectivity index (χ1n) is 10.3. The fraction of sp³-hybridized carbons (Fsp3) is 0.391. The molecular weight excluding hydrogens is 399 g/mol. The molecule has 0 amide bonds. The molecule has 0 bridgehead atoms. The second-order valence-electron chi connectivity index (χ2n) is 7.44. The SMILES string of the molecule is CCCN(C)CCCOc1cc2ncnc(Nc3c(F)ccc(O)c3C)c2cc1OC. The predicted octanol–water partition coefficient (Wildman–Crippen LogP) is 4.65. The van der Waals surface area contributed by atoms with Crippen LogP contribution in [0.15, 0.2) is 30.6 Å². The van der Waals surface area contributed by atoms with E-state index >= 15 is 0 Å². The summed E-state index contributed by atoms with van der Waals surface area (Å²) in [6.45, 7) is 6.36. The Morgan fingerprint density at radius 3 is 2.71 bits per heavy atom.